The van der Waals surface area contributed by atoms with Gasteiger partial charge >= 0.3 is 0 Å². The van der Waals surface area contributed by atoms with Crippen LogP contribution < -0.4 is 0 Å². The summed E-state index contributed by atoms with van der Waals surface area (Å²) in [5.41, 5.74) is 2.73. The Morgan fingerprint density at radius 1 is 1.42 bits per heavy atom. The van der Waals surface area contributed by atoms with Gasteiger partial charge in [-0.1, -0.05) is 0 Å². The molecule has 0 bridgehead atoms. The molecule has 0 amide bonds. The molecule has 3 nitrogen and oxygen atoms in total. The van der Waals surface area contributed by atoms with Gasteiger partial charge in [-0.3, -0.25) is 0 Å². The molecule has 0 N–H and O–H groups in total. The van der Waals surface area contributed by atoms with Gasteiger partial charge in [-0.15, -0.1) is 23.1 Å². The largest absolute Gasteiger partial charge is 0.240 e. The number of aromatic nitrogens is 3. The van der Waals surface area contributed by atoms with E-state index in [1.165, 1.54) is 0 Å². The van der Waals surface area contributed by atoms with E-state index in [1.54, 1.807) is 28.6 Å². The predicted octanol–water partition coefficient (Wildman–Crippen LogP) is 2.12. The third kappa shape index (κ3) is 1.19. The zero-order chi connectivity index (χ0) is 8.55. The van der Waals surface area contributed by atoms with Gasteiger partial charge in [0.25, 0.3) is 0 Å². The molecule has 0 aromatic carbocycles. The highest BCUT2D eigenvalue weighted by Crippen LogP contribution is 2.24. The van der Waals surface area contributed by atoms with Crippen LogP contribution in [0, 0.1) is 6.92 Å². The lowest BCUT2D eigenvalue weighted by molar-refractivity contribution is 1.01. The Hall–Kier alpha value is -0.680. The van der Waals surface area contributed by atoms with Crippen LogP contribution in [0.25, 0.3) is 10.3 Å². The van der Waals surface area contributed by atoms with Crippen LogP contribution in [0.2, 0.25) is 0 Å². The Kier molecular flexibility index (Phi) is 1.98. The van der Waals surface area contributed by atoms with E-state index >= 15 is 0 Å². The van der Waals surface area contributed by atoms with Gasteiger partial charge in [0.2, 0.25) is 0 Å². The number of thiazole rings is 1. The topological polar surface area (TPSA) is 38.7 Å². The molecule has 0 spiro atoms. The third-order valence-electron chi connectivity index (χ3n) is 1.47. The average molecular weight is 197 g/mol. The van der Waals surface area contributed by atoms with Crippen molar-refractivity contribution < 1.29 is 0 Å². The predicted molar refractivity (Wildman–Crippen MR) is 51.7 cm³/mol. The molecule has 2 aromatic rings. The summed E-state index contributed by atoms with van der Waals surface area (Å²) in [6.07, 6.45) is 2.00. The molecular formula is C7H7N3S2. The molecule has 12 heavy (non-hydrogen) atoms. The molecule has 62 valence electrons. The first-order valence-electron chi connectivity index (χ1n) is 3.43. The lowest BCUT2D eigenvalue weighted by Crippen LogP contribution is -1.89. The molecule has 0 aliphatic carbocycles. The summed E-state index contributed by atoms with van der Waals surface area (Å²) >= 11 is 3.17. The van der Waals surface area contributed by atoms with Crippen molar-refractivity contribution in [1.29, 1.82) is 0 Å². The Bertz CT molecular complexity index is 410. The Labute approximate surface area is 78.3 Å². The monoisotopic (exact) mass is 197 g/mol. The van der Waals surface area contributed by atoms with Crippen LogP contribution in [0.5, 0.6) is 0 Å². The van der Waals surface area contributed by atoms with Crippen LogP contribution in [0.15, 0.2) is 10.5 Å². The van der Waals surface area contributed by atoms with Crippen molar-refractivity contribution in [1.82, 2.24) is 15.0 Å². The normalized spacial score (nSPS) is 10.8. The quantitative estimate of drug-likeness (QED) is 0.518. The molecule has 0 atom stereocenters. The maximum Gasteiger partial charge on any atom is 0.148 e. The van der Waals surface area contributed by atoms with Gasteiger partial charge in [0, 0.05) is 0 Å². The molecule has 0 fully saturated rings. The molecule has 0 saturated heterocycles. The highest BCUT2D eigenvalue weighted by molar-refractivity contribution is 7.98. The number of hydrogen-bond donors (Lipinski definition) is 0. The smallest absolute Gasteiger partial charge is 0.148 e. The highest BCUT2D eigenvalue weighted by atomic mass is 32.2. The standard InChI is InChI=1S/C7H7N3S2/c1-4-9-6(11-2)5-7(10-4)12-3-8-5/h3H,1-2H3. The Morgan fingerprint density at radius 2 is 2.25 bits per heavy atom. The zero-order valence-electron chi connectivity index (χ0n) is 6.74. The summed E-state index contributed by atoms with van der Waals surface area (Å²) in [5, 5.41) is 0.971. The van der Waals surface area contributed by atoms with E-state index in [0.717, 1.165) is 21.2 Å². The Balaban J connectivity index is 2.80. The van der Waals surface area contributed by atoms with Crippen molar-refractivity contribution >= 4 is 33.4 Å². The van der Waals surface area contributed by atoms with Gasteiger partial charge in [-0.2, -0.15) is 0 Å². The van der Waals surface area contributed by atoms with Crippen molar-refractivity contribution in [2.45, 2.75) is 11.9 Å². The second-order valence-corrected chi connectivity index (χ2v) is 3.91. The summed E-state index contributed by atoms with van der Waals surface area (Å²) in [6.45, 7) is 1.90. The molecule has 0 aliphatic heterocycles. The first-order valence-corrected chi connectivity index (χ1v) is 5.53. The van der Waals surface area contributed by atoms with Crippen molar-refractivity contribution in [3.8, 4) is 0 Å². The van der Waals surface area contributed by atoms with E-state index in [2.05, 4.69) is 15.0 Å². The van der Waals surface area contributed by atoms with Crippen molar-refractivity contribution in [2.75, 3.05) is 6.26 Å². The van der Waals surface area contributed by atoms with E-state index < -0.39 is 0 Å². The van der Waals surface area contributed by atoms with Gasteiger partial charge in [0.15, 0.2) is 0 Å². The van der Waals surface area contributed by atoms with E-state index in [0.29, 0.717) is 0 Å². The molecule has 0 aliphatic rings. The lowest BCUT2D eigenvalue weighted by Gasteiger charge is -1.97. The van der Waals surface area contributed by atoms with Crippen LogP contribution in [0.4, 0.5) is 0 Å². The summed E-state index contributed by atoms with van der Waals surface area (Å²) in [4.78, 5) is 13.7. The van der Waals surface area contributed by atoms with Gasteiger partial charge in [0.05, 0.1) is 5.51 Å². The maximum absolute atomic E-state index is 4.29. The summed E-state index contributed by atoms with van der Waals surface area (Å²) in [5.74, 6) is 0.816. The minimum absolute atomic E-state index is 0.816. The number of thioether (sulfide) groups is 1. The lowest BCUT2D eigenvalue weighted by atomic mass is 10.5. The summed E-state index contributed by atoms with van der Waals surface area (Å²) in [7, 11) is 0. The number of aryl methyl sites for hydroxylation is 1. The van der Waals surface area contributed by atoms with Crippen molar-refractivity contribution in [3.05, 3.63) is 11.3 Å². The van der Waals surface area contributed by atoms with Crippen molar-refractivity contribution in [2.24, 2.45) is 0 Å². The maximum atomic E-state index is 4.29. The minimum atomic E-state index is 0.816. The van der Waals surface area contributed by atoms with E-state index in [9.17, 15) is 0 Å². The first kappa shape index (κ1) is 7.94. The third-order valence-corrected chi connectivity index (χ3v) is 2.86. The number of hydrogen-bond acceptors (Lipinski definition) is 5. The SMILES string of the molecule is CSc1nc(C)nc2scnc12. The summed E-state index contributed by atoms with van der Waals surface area (Å²) < 4.78 is 0. The molecule has 0 saturated carbocycles. The highest BCUT2D eigenvalue weighted by Gasteiger charge is 2.06. The van der Waals surface area contributed by atoms with Crippen LogP contribution in [-0.4, -0.2) is 21.2 Å². The van der Waals surface area contributed by atoms with Gasteiger partial charge in [0.1, 0.15) is 21.2 Å². The fourth-order valence-corrected chi connectivity index (χ4v) is 2.31. The molecular weight excluding hydrogens is 190 g/mol. The molecule has 2 heterocycles. The van der Waals surface area contributed by atoms with Gasteiger partial charge in [-0.05, 0) is 13.2 Å². The molecule has 5 heteroatoms. The van der Waals surface area contributed by atoms with E-state index in [4.69, 9.17) is 0 Å². The fourth-order valence-electron chi connectivity index (χ4n) is 0.980. The first-order chi connectivity index (χ1) is 5.81. The van der Waals surface area contributed by atoms with Gasteiger partial charge in [-0.25, -0.2) is 15.0 Å². The minimum Gasteiger partial charge on any atom is -0.240 e. The second-order valence-electron chi connectivity index (χ2n) is 2.29. The van der Waals surface area contributed by atoms with E-state index in [-0.39, 0.29) is 0 Å². The summed E-state index contributed by atoms with van der Waals surface area (Å²) in [6, 6.07) is 0. The number of rotatable bonds is 1. The molecule has 2 rings (SSSR count). The van der Waals surface area contributed by atoms with Crippen molar-refractivity contribution in [3.63, 3.8) is 0 Å². The van der Waals surface area contributed by atoms with Gasteiger partial charge < -0.3 is 0 Å². The van der Waals surface area contributed by atoms with Crippen LogP contribution in [0.1, 0.15) is 5.82 Å². The number of nitrogens with zero attached hydrogens (tertiary/aromatic N) is 3. The van der Waals surface area contributed by atoms with Crippen LogP contribution in [-0.2, 0) is 0 Å². The average Bonchev–Trinajstić information content (AvgIpc) is 2.50. The molecule has 0 unspecified atom stereocenters. The molecule has 2 aromatic heterocycles. The number of fused-ring (bicyclic) bond motifs is 1. The Morgan fingerprint density at radius 3 is 3.00 bits per heavy atom. The van der Waals surface area contributed by atoms with Crippen LogP contribution in [0.3, 0.4) is 0 Å². The van der Waals surface area contributed by atoms with Crippen LogP contribution >= 0.6 is 23.1 Å². The fraction of sp³-hybridized carbons (Fsp3) is 0.286. The molecule has 0 radical (unpaired) electrons. The second kappa shape index (κ2) is 2.99. The van der Waals surface area contributed by atoms with E-state index in [1.807, 2.05) is 13.2 Å². The zero-order valence-corrected chi connectivity index (χ0v) is 8.37.